The topological polar surface area (TPSA) is 129 Å². The Bertz CT molecular complexity index is 851. The molecule has 1 aromatic rings. The maximum Gasteiger partial charge on any atom is 0.337 e. The maximum atomic E-state index is 12.3. The minimum Gasteiger partial charge on any atom is -0.478 e. The quantitative estimate of drug-likeness (QED) is 0.860. The molecule has 0 fully saturated rings. The van der Waals surface area contributed by atoms with E-state index in [1.807, 2.05) is 0 Å². The molecule has 0 saturated heterocycles. The van der Waals surface area contributed by atoms with E-state index in [0.717, 1.165) is 25.3 Å². The highest BCUT2D eigenvalue weighted by Gasteiger charge is 2.34. The normalized spacial score (nSPS) is 13.4. The molecule has 0 amide bonds. The predicted octanol–water partition coefficient (Wildman–Crippen LogP) is 1.13. The smallest absolute Gasteiger partial charge is 0.337 e. The van der Waals surface area contributed by atoms with Crippen LogP contribution in [0.1, 0.15) is 17.3 Å². The van der Waals surface area contributed by atoms with Gasteiger partial charge >= 0.3 is 5.97 Å². The Morgan fingerprint density at radius 3 is 2.24 bits per heavy atom. The van der Waals surface area contributed by atoms with Gasteiger partial charge in [-0.15, -0.1) is 0 Å². The molecule has 1 rings (SSSR count). The number of hydrogen-bond acceptors (Lipinski definition) is 6. The molecule has 0 radical (unpaired) electrons. The fourth-order valence-electron chi connectivity index (χ4n) is 1.51. The van der Waals surface area contributed by atoms with Gasteiger partial charge in [-0.3, -0.25) is 0 Å². The van der Waals surface area contributed by atoms with E-state index in [-0.39, 0.29) is 0 Å². The second-order valence-electron chi connectivity index (χ2n) is 4.15. The number of nitrogens with zero attached hydrogens (tertiary/aromatic N) is 1. The summed E-state index contributed by atoms with van der Waals surface area (Å²) in [5, 5.41) is 15.4. The lowest BCUT2D eigenvalue weighted by Crippen LogP contribution is -2.20. The third-order valence-electron chi connectivity index (χ3n) is 2.62. The number of carbonyl (C=O) groups is 1. The van der Waals surface area contributed by atoms with Crippen LogP contribution in [0.25, 0.3) is 0 Å². The van der Waals surface area contributed by atoms with Crippen LogP contribution in [0.15, 0.2) is 21.9 Å². The minimum atomic E-state index is -4.43. The van der Waals surface area contributed by atoms with Crippen molar-refractivity contribution in [2.24, 2.45) is 0 Å². The van der Waals surface area contributed by atoms with E-state index < -0.39 is 51.3 Å². The summed E-state index contributed by atoms with van der Waals surface area (Å²) in [7, 11) is -8.41. The van der Waals surface area contributed by atoms with Crippen molar-refractivity contribution in [2.45, 2.75) is 22.0 Å². The van der Waals surface area contributed by atoms with Crippen LogP contribution < -0.4 is 0 Å². The van der Waals surface area contributed by atoms with Crippen LogP contribution >= 0.6 is 11.6 Å². The molecule has 114 valence electrons. The third-order valence-corrected chi connectivity index (χ3v) is 6.43. The Hall–Kier alpha value is -1.63. The molecule has 0 heterocycles. The number of sulfone groups is 2. The van der Waals surface area contributed by atoms with Crippen LogP contribution in [0.2, 0.25) is 5.02 Å². The van der Waals surface area contributed by atoms with E-state index in [4.69, 9.17) is 22.0 Å². The van der Waals surface area contributed by atoms with Crippen molar-refractivity contribution >= 4 is 37.2 Å². The molecule has 1 atom stereocenters. The summed E-state index contributed by atoms with van der Waals surface area (Å²) < 4.78 is 47.9. The first-order chi connectivity index (χ1) is 9.44. The lowest BCUT2D eigenvalue weighted by atomic mass is 10.2. The van der Waals surface area contributed by atoms with Gasteiger partial charge in [0.25, 0.3) is 0 Å². The highest BCUT2D eigenvalue weighted by Crippen LogP contribution is 2.34. The van der Waals surface area contributed by atoms with Crippen molar-refractivity contribution in [1.29, 1.82) is 5.26 Å². The molecule has 21 heavy (non-hydrogen) atoms. The number of halogens is 1. The highest BCUT2D eigenvalue weighted by atomic mass is 35.5. The molecular formula is C11H10ClNO6S2. The SMILES string of the molecule is CC(C#N)S(=O)(=O)c1c(S(C)(=O)=O)ccc(C(=O)O)c1Cl. The van der Waals surface area contributed by atoms with Gasteiger partial charge in [-0.1, -0.05) is 11.6 Å². The zero-order valence-corrected chi connectivity index (χ0v) is 13.3. The Labute approximate surface area is 126 Å². The van der Waals surface area contributed by atoms with Crippen LogP contribution in [0, 0.1) is 11.3 Å². The number of nitriles is 1. The van der Waals surface area contributed by atoms with Gasteiger partial charge < -0.3 is 5.11 Å². The van der Waals surface area contributed by atoms with E-state index in [2.05, 4.69) is 0 Å². The molecular weight excluding hydrogens is 342 g/mol. The van der Waals surface area contributed by atoms with Crippen molar-refractivity contribution < 1.29 is 26.7 Å². The van der Waals surface area contributed by atoms with Crippen molar-refractivity contribution in [1.82, 2.24) is 0 Å². The third kappa shape index (κ3) is 3.18. The van der Waals surface area contributed by atoms with E-state index in [1.165, 1.54) is 6.07 Å². The van der Waals surface area contributed by atoms with Gasteiger partial charge in [-0.05, 0) is 19.1 Å². The van der Waals surface area contributed by atoms with Crippen molar-refractivity contribution in [3.63, 3.8) is 0 Å². The van der Waals surface area contributed by atoms with Crippen LogP contribution in [0.4, 0.5) is 0 Å². The molecule has 1 N–H and O–H groups in total. The zero-order chi connectivity index (χ0) is 16.6. The molecule has 0 bridgehead atoms. The van der Waals surface area contributed by atoms with Crippen molar-refractivity contribution in [3.8, 4) is 6.07 Å². The summed E-state index contributed by atoms with van der Waals surface area (Å²) in [6.07, 6.45) is 0.759. The molecule has 7 nitrogen and oxygen atoms in total. The second kappa shape index (κ2) is 5.63. The summed E-state index contributed by atoms with van der Waals surface area (Å²) in [5.74, 6) is -1.51. The van der Waals surface area contributed by atoms with Gasteiger partial charge in [0.05, 0.1) is 21.6 Å². The lowest BCUT2D eigenvalue weighted by Gasteiger charge is -2.14. The van der Waals surface area contributed by atoms with Crippen molar-refractivity contribution in [3.05, 3.63) is 22.7 Å². The summed E-state index contributed by atoms with van der Waals surface area (Å²) in [6, 6.07) is 3.22. The minimum absolute atomic E-state index is 0.562. The Balaban J connectivity index is 3.98. The largest absolute Gasteiger partial charge is 0.478 e. The molecule has 0 aromatic heterocycles. The Morgan fingerprint density at radius 2 is 1.86 bits per heavy atom. The number of rotatable bonds is 4. The van der Waals surface area contributed by atoms with Crippen LogP contribution in [-0.4, -0.2) is 39.4 Å². The number of carboxylic acids is 1. The molecule has 0 saturated carbocycles. The first kappa shape index (κ1) is 17.4. The van der Waals surface area contributed by atoms with Gasteiger partial charge in [0.1, 0.15) is 10.1 Å². The highest BCUT2D eigenvalue weighted by molar-refractivity contribution is 7.94. The summed E-state index contributed by atoms with van der Waals surface area (Å²) in [4.78, 5) is 9.51. The van der Waals surface area contributed by atoms with Crippen LogP contribution in [0.5, 0.6) is 0 Å². The average molecular weight is 352 g/mol. The first-order valence-electron chi connectivity index (χ1n) is 5.34. The maximum absolute atomic E-state index is 12.3. The Kier molecular flexibility index (Phi) is 4.67. The summed E-state index contributed by atoms with van der Waals surface area (Å²) >= 11 is 5.77. The summed E-state index contributed by atoms with van der Waals surface area (Å²) in [6.45, 7) is 1.05. The average Bonchev–Trinajstić information content (AvgIpc) is 2.35. The molecule has 0 spiro atoms. The lowest BCUT2D eigenvalue weighted by molar-refractivity contribution is 0.0696. The number of hydrogen-bond donors (Lipinski definition) is 1. The molecule has 1 unspecified atom stereocenters. The van der Waals surface area contributed by atoms with Gasteiger partial charge in [0, 0.05) is 6.26 Å². The van der Waals surface area contributed by atoms with E-state index >= 15 is 0 Å². The van der Waals surface area contributed by atoms with Crippen LogP contribution in [-0.2, 0) is 19.7 Å². The van der Waals surface area contributed by atoms with Gasteiger partial charge in [-0.2, -0.15) is 5.26 Å². The van der Waals surface area contributed by atoms with E-state index in [1.54, 1.807) is 0 Å². The fraction of sp³-hybridized carbons (Fsp3) is 0.273. The molecule has 0 aliphatic carbocycles. The predicted molar refractivity (Wildman–Crippen MR) is 73.8 cm³/mol. The van der Waals surface area contributed by atoms with E-state index in [9.17, 15) is 21.6 Å². The molecule has 1 aromatic carbocycles. The van der Waals surface area contributed by atoms with Gasteiger partial charge in [-0.25, -0.2) is 21.6 Å². The number of carboxylic acid groups (broad SMARTS) is 1. The Morgan fingerprint density at radius 1 is 1.33 bits per heavy atom. The zero-order valence-electron chi connectivity index (χ0n) is 10.9. The van der Waals surface area contributed by atoms with Crippen molar-refractivity contribution in [2.75, 3.05) is 6.26 Å². The van der Waals surface area contributed by atoms with E-state index in [0.29, 0.717) is 0 Å². The molecule has 0 aliphatic rings. The monoisotopic (exact) mass is 351 g/mol. The summed E-state index contributed by atoms with van der Waals surface area (Å²) in [5.41, 5.74) is -0.562. The molecule has 0 aliphatic heterocycles. The van der Waals surface area contributed by atoms with Crippen LogP contribution in [0.3, 0.4) is 0 Å². The number of benzene rings is 1. The standard InChI is InChI=1S/C11H10ClNO6S2/c1-6(5-13)21(18,19)10-8(20(2,16)17)4-3-7(9(10)12)11(14)15/h3-4,6H,1-2H3,(H,14,15). The van der Waals surface area contributed by atoms with Gasteiger partial charge in [0.2, 0.25) is 0 Å². The molecule has 10 heteroatoms. The number of aromatic carboxylic acids is 1. The second-order valence-corrected chi connectivity index (χ2v) is 8.72. The van der Waals surface area contributed by atoms with Gasteiger partial charge in [0.15, 0.2) is 19.7 Å². The fourth-order valence-corrected chi connectivity index (χ4v) is 4.89. The first-order valence-corrected chi connectivity index (χ1v) is 9.15.